The highest BCUT2D eigenvalue weighted by Crippen LogP contribution is 2.68. The van der Waals surface area contributed by atoms with Crippen LogP contribution in [-0.2, 0) is 34.1 Å². The molecule has 6 aliphatic rings. The number of ether oxygens (including phenoxy) is 6. The first-order valence-corrected chi connectivity index (χ1v) is 11.6. The summed E-state index contributed by atoms with van der Waals surface area (Å²) in [6.45, 7) is 1.27. The molecule has 0 radical (unpaired) electrons. The van der Waals surface area contributed by atoms with Crippen LogP contribution in [-0.4, -0.2) is 50.3 Å². The number of esters is 4. The van der Waals surface area contributed by atoms with Gasteiger partial charge in [-0.2, -0.15) is 0 Å². The minimum absolute atomic E-state index is 0.0522. The maximum atomic E-state index is 13.2. The van der Waals surface area contributed by atoms with Gasteiger partial charge in [0.15, 0.2) is 13.2 Å². The molecular weight excluding hydrogens is 472 g/mol. The van der Waals surface area contributed by atoms with Crippen molar-refractivity contribution in [2.75, 3.05) is 26.4 Å². The third-order valence-electron chi connectivity index (χ3n) is 7.35. The monoisotopic (exact) mass is 494 g/mol. The van der Waals surface area contributed by atoms with Crippen LogP contribution in [0.5, 0.6) is 23.0 Å². The van der Waals surface area contributed by atoms with Gasteiger partial charge in [-0.1, -0.05) is 19.1 Å². The average Bonchev–Trinajstić information content (AvgIpc) is 2.83. The lowest BCUT2D eigenvalue weighted by molar-refractivity contribution is -0.171. The summed E-state index contributed by atoms with van der Waals surface area (Å²) >= 11 is 0. The van der Waals surface area contributed by atoms with Crippen LogP contribution in [0.2, 0.25) is 0 Å². The lowest BCUT2D eigenvalue weighted by atomic mass is 9.42. The summed E-state index contributed by atoms with van der Waals surface area (Å²) in [5, 5.41) is 0. The molecule has 1 fully saturated rings. The zero-order valence-electron chi connectivity index (χ0n) is 19.3. The minimum Gasteiger partial charge on any atom is -0.482 e. The Bertz CT molecular complexity index is 1280. The van der Waals surface area contributed by atoms with E-state index in [4.69, 9.17) is 28.4 Å². The highest BCUT2D eigenvalue weighted by Gasteiger charge is 2.71. The summed E-state index contributed by atoms with van der Waals surface area (Å²) in [5.74, 6) is -2.49. The van der Waals surface area contributed by atoms with E-state index in [1.165, 1.54) is 12.1 Å². The van der Waals surface area contributed by atoms with Crippen LogP contribution in [0.25, 0.3) is 0 Å². The Labute approximate surface area is 205 Å². The van der Waals surface area contributed by atoms with Crippen molar-refractivity contribution < 1.29 is 47.6 Å². The Morgan fingerprint density at radius 1 is 0.722 bits per heavy atom. The van der Waals surface area contributed by atoms with Crippen LogP contribution < -0.4 is 18.9 Å². The van der Waals surface area contributed by atoms with Gasteiger partial charge < -0.3 is 28.4 Å². The van der Waals surface area contributed by atoms with Crippen LogP contribution >= 0.6 is 0 Å². The van der Waals surface area contributed by atoms with Crippen molar-refractivity contribution in [3.8, 4) is 23.0 Å². The molecule has 10 bridgehead atoms. The van der Waals surface area contributed by atoms with Gasteiger partial charge in [-0.25, -0.2) is 9.59 Å². The van der Waals surface area contributed by atoms with Crippen molar-refractivity contribution in [1.29, 1.82) is 0 Å². The van der Waals surface area contributed by atoms with Crippen LogP contribution in [0.15, 0.2) is 36.4 Å². The molecule has 4 atom stereocenters. The summed E-state index contributed by atoms with van der Waals surface area (Å²) in [7, 11) is 0. The molecule has 0 aromatic heterocycles. The van der Waals surface area contributed by atoms with E-state index in [1.807, 2.05) is 6.92 Å². The Hall–Kier alpha value is -4.08. The van der Waals surface area contributed by atoms with Crippen molar-refractivity contribution in [3.63, 3.8) is 0 Å². The molecule has 0 N–H and O–H groups in total. The van der Waals surface area contributed by atoms with Crippen molar-refractivity contribution in [2.24, 2.45) is 11.8 Å². The van der Waals surface area contributed by atoms with Gasteiger partial charge >= 0.3 is 23.9 Å². The molecule has 10 heteroatoms. The number of carbonyl (C=O) groups is 4. The fraction of sp³-hybridized carbons (Fsp3) is 0.385. The minimum atomic E-state index is -0.836. The molecule has 1 saturated carbocycles. The van der Waals surface area contributed by atoms with Crippen molar-refractivity contribution in [2.45, 2.75) is 24.7 Å². The normalized spacial score (nSPS) is 29.0. The van der Waals surface area contributed by atoms with Crippen LogP contribution in [0.4, 0.5) is 0 Å². The van der Waals surface area contributed by atoms with E-state index in [-0.39, 0.29) is 32.2 Å². The van der Waals surface area contributed by atoms with E-state index in [2.05, 4.69) is 0 Å². The molecular formula is C26H22O10. The molecule has 2 aromatic carbocycles. The van der Waals surface area contributed by atoms with Crippen LogP contribution in [0, 0.1) is 11.8 Å². The van der Waals surface area contributed by atoms with Gasteiger partial charge in [0.25, 0.3) is 0 Å². The van der Waals surface area contributed by atoms with Gasteiger partial charge in [0.05, 0.1) is 25.0 Å². The molecule has 0 amide bonds. The number of rotatable bonds is 0. The Morgan fingerprint density at radius 3 is 1.92 bits per heavy atom. The third-order valence-corrected chi connectivity index (χ3v) is 7.35. The summed E-state index contributed by atoms with van der Waals surface area (Å²) in [6.07, 6.45) is 0.309. The highest BCUT2D eigenvalue weighted by molar-refractivity contribution is 5.93. The van der Waals surface area contributed by atoms with Gasteiger partial charge in [-0.3, -0.25) is 9.59 Å². The number of benzene rings is 2. The molecule has 8 rings (SSSR count). The third kappa shape index (κ3) is 3.39. The number of hydrogen-bond acceptors (Lipinski definition) is 10. The number of carbonyl (C=O) groups excluding carboxylic acids is 4. The SMILES string of the molecule is C[C@@]12c3ccc4cc3OC(=O)[C@H]1[C@@H]1c3ccc(cc3OC(=O)[C@H]12)OCC(=O)OCCCOC(=O)CO4. The highest BCUT2D eigenvalue weighted by atomic mass is 16.6. The van der Waals surface area contributed by atoms with Gasteiger partial charge in [0.2, 0.25) is 0 Å². The largest absolute Gasteiger partial charge is 0.482 e. The Balaban J connectivity index is 1.38. The van der Waals surface area contributed by atoms with Gasteiger partial charge in [-0.15, -0.1) is 0 Å². The fourth-order valence-electron chi connectivity index (χ4n) is 5.72. The topological polar surface area (TPSA) is 124 Å². The predicted molar refractivity (Wildman–Crippen MR) is 119 cm³/mol. The summed E-state index contributed by atoms with van der Waals surface area (Å²) < 4.78 is 32.5. The zero-order valence-corrected chi connectivity index (χ0v) is 19.3. The van der Waals surface area contributed by atoms with Crippen molar-refractivity contribution in [1.82, 2.24) is 0 Å². The second-order valence-corrected chi connectivity index (χ2v) is 9.34. The quantitative estimate of drug-likeness (QED) is 0.397. The second kappa shape index (κ2) is 8.25. The first-order chi connectivity index (χ1) is 17.4. The van der Waals surface area contributed by atoms with E-state index in [0.29, 0.717) is 34.8 Å². The fourth-order valence-corrected chi connectivity index (χ4v) is 5.72. The first kappa shape index (κ1) is 22.4. The van der Waals surface area contributed by atoms with Gasteiger partial charge in [0, 0.05) is 41.0 Å². The average molecular weight is 494 g/mol. The van der Waals surface area contributed by atoms with E-state index in [1.54, 1.807) is 24.3 Å². The van der Waals surface area contributed by atoms with Crippen molar-refractivity contribution >= 4 is 23.9 Å². The molecule has 5 heterocycles. The van der Waals surface area contributed by atoms with Crippen LogP contribution in [0.3, 0.4) is 0 Å². The summed E-state index contributed by atoms with van der Waals surface area (Å²) in [4.78, 5) is 50.3. The van der Waals surface area contributed by atoms with E-state index >= 15 is 0 Å². The summed E-state index contributed by atoms with van der Waals surface area (Å²) in [6, 6.07) is 9.90. The van der Waals surface area contributed by atoms with Gasteiger partial charge in [-0.05, 0) is 12.1 Å². The maximum absolute atomic E-state index is 13.2. The number of fused-ring (bicyclic) bond motifs is 2. The molecule has 0 saturated heterocycles. The molecule has 10 nitrogen and oxygen atoms in total. The predicted octanol–water partition coefficient (Wildman–Crippen LogP) is 2.06. The molecule has 36 heavy (non-hydrogen) atoms. The van der Waals surface area contributed by atoms with E-state index < -0.39 is 47.0 Å². The van der Waals surface area contributed by atoms with Crippen LogP contribution in [0.1, 0.15) is 30.4 Å². The standard InChI is InChI=1S/C26H22O10/c1-26-16-6-4-14-10-18(16)36-25(30)23(26)21-15-5-3-13(9-17(15)35-24(29)22(21)26)33-11-19(27)31-7-2-8-32-20(28)12-34-14/h3-6,9-10,21-23H,2,7-8,11-12H2,1H3/t21-,22+,23-,26+/m1/s1. The lowest BCUT2D eigenvalue weighted by Crippen LogP contribution is -2.66. The van der Waals surface area contributed by atoms with E-state index in [0.717, 1.165) is 0 Å². The zero-order chi connectivity index (χ0) is 25.0. The number of hydrogen-bond donors (Lipinski definition) is 0. The molecule has 1 aliphatic carbocycles. The smallest absolute Gasteiger partial charge is 0.344 e. The first-order valence-electron chi connectivity index (χ1n) is 11.6. The van der Waals surface area contributed by atoms with Crippen molar-refractivity contribution in [3.05, 3.63) is 47.5 Å². The van der Waals surface area contributed by atoms with E-state index in [9.17, 15) is 19.2 Å². The maximum Gasteiger partial charge on any atom is 0.344 e. The summed E-state index contributed by atoms with van der Waals surface area (Å²) in [5.41, 5.74) is 0.569. The molecule has 5 aliphatic heterocycles. The lowest BCUT2D eigenvalue weighted by Gasteiger charge is -2.60. The van der Waals surface area contributed by atoms with Gasteiger partial charge in [0.1, 0.15) is 23.0 Å². The molecule has 2 aromatic rings. The Morgan fingerprint density at radius 2 is 1.28 bits per heavy atom. The molecule has 0 spiro atoms. The molecule has 186 valence electrons. The Kier molecular flexibility index (Phi) is 5.13. The second-order valence-electron chi connectivity index (χ2n) is 9.34. The molecule has 0 unspecified atom stereocenters.